The maximum atomic E-state index is 12.0. The molecule has 3 nitrogen and oxygen atoms in total. The van der Waals surface area contributed by atoms with Crippen LogP contribution in [-0.2, 0) is 0 Å². The zero-order valence-corrected chi connectivity index (χ0v) is 11.5. The number of rotatable bonds is 1. The molecule has 0 saturated heterocycles. The molecule has 0 aliphatic carbocycles. The van der Waals surface area contributed by atoms with Gasteiger partial charge in [-0.3, -0.25) is 4.79 Å². The summed E-state index contributed by atoms with van der Waals surface area (Å²) in [7, 11) is 0. The highest BCUT2D eigenvalue weighted by Gasteiger charge is 2.14. The minimum Gasteiger partial charge on any atom is -0.325 e. The number of aryl methyl sites for hydroxylation is 1. The van der Waals surface area contributed by atoms with Gasteiger partial charge in [-0.15, -0.1) is 0 Å². The number of pyridine rings is 1. The summed E-state index contributed by atoms with van der Waals surface area (Å²) < 4.78 is 0. The summed E-state index contributed by atoms with van der Waals surface area (Å²) in [4.78, 5) is 15.0. The van der Waals surface area contributed by atoms with E-state index < -0.39 is 0 Å². The summed E-state index contributed by atoms with van der Waals surface area (Å²) in [6.07, 6.45) is 3.17. The molecule has 0 amide bonds. The lowest BCUT2D eigenvalue weighted by Crippen LogP contribution is -2.21. The molecule has 0 fully saturated rings. The Morgan fingerprint density at radius 2 is 2.11 bits per heavy atom. The molecule has 2 heterocycles. The molecule has 1 aromatic carbocycles. The van der Waals surface area contributed by atoms with Crippen LogP contribution in [0.25, 0.3) is 16.3 Å². The van der Waals surface area contributed by atoms with Crippen LogP contribution in [0.3, 0.4) is 0 Å². The molecule has 0 spiro atoms. The molecule has 1 aliphatic heterocycles. The van der Waals surface area contributed by atoms with Crippen LogP contribution in [0.2, 0.25) is 5.02 Å². The second kappa shape index (κ2) is 4.83. The second-order valence-corrected chi connectivity index (χ2v) is 5.26. The number of aromatic amines is 1. The Kier molecular flexibility index (Phi) is 3.17. The van der Waals surface area contributed by atoms with Crippen molar-refractivity contribution in [2.45, 2.75) is 13.3 Å². The van der Waals surface area contributed by atoms with Crippen LogP contribution in [0.4, 0.5) is 0 Å². The van der Waals surface area contributed by atoms with Crippen molar-refractivity contribution in [3.63, 3.8) is 0 Å². The van der Waals surface area contributed by atoms with Crippen LogP contribution in [0.5, 0.6) is 0 Å². The van der Waals surface area contributed by atoms with Crippen molar-refractivity contribution in [2.75, 3.05) is 13.1 Å². The van der Waals surface area contributed by atoms with E-state index >= 15 is 0 Å². The lowest BCUT2D eigenvalue weighted by molar-refractivity contribution is 0.738. The van der Waals surface area contributed by atoms with E-state index in [0.717, 1.165) is 36.2 Å². The van der Waals surface area contributed by atoms with Crippen LogP contribution in [0.1, 0.15) is 17.7 Å². The van der Waals surface area contributed by atoms with Gasteiger partial charge in [0.1, 0.15) is 0 Å². The number of H-pyrrole nitrogens is 1. The molecule has 1 aliphatic rings. The third-order valence-electron chi connectivity index (χ3n) is 3.56. The first-order valence-electron chi connectivity index (χ1n) is 6.39. The molecular weight excluding hydrogens is 260 g/mol. The second-order valence-electron chi connectivity index (χ2n) is 4.83. The predicted molar refractivity (Wildman–Crippen MR) is 79.8 cm³/mol. The first-order chi connectivity index (χ1) is 9.16. The van der Waals surface area contributed by atoms with Gasteiger partial charge >= 0.3 is 0 Å². The van der Waals surface area contributed by atoms with Gasteiger partial charge in [-0.25, -0.2) is 0 Å². The van der Waals surface area contributed by atoms with Crippen LogP contribution < -0.4 is 10.9 Å². The zero-order valence-electron chi connectivity index (χ0n) is 10.7. The molecule has 98 valence electrons. The van der Waals surface area contributed by atoms with Gasteiger partial charge in [0.05, 0.1) is 0 Å². The van der Waals surface area contributed by atoms with E-state index in [2.05, 4.69) is 16.4 Å². The average Bonchev–Trinajstić information content (AvgIpc) is 2.41. The van der Waals surface area contributed by atoms with Crippen molar-refractivity contribution in [2.24, 2.45) is 0 Å². The van der Waals surface area contributed by atoms with Gasteiger partial charge in [-0.05, 0) is 43.0 Å². The van der Waals surface area contributed by atoms with E-state index in [1.807, 2.05) is 19.1 Å². The van der Waals surface area contributed by atoms with Crippen molar-refractivity contribution in [1.82, 2.24) is 10.3 Å². The SMILES string of the molecule is Cc1[nH]c(=O)c2cc(Cl)ccc2c1C1=CCNCC1. The number of aromatic nitrogens is 1. The maximum Gasteiger partial charge on any atom is 0.256 e. The summed E-state index contributed by atoms with van der Waals surface area (Å²) in [6.45, 7) is 3.80. The molecule has 0 radical (unpaired) electrons. The van der Waals surface area contributed by atoms with Crippen molar-refractivity contribution < 1.29 is 0 Å². The quantitative estimate of drug-likeness (QED) is 0.840. The minimum atomic E-state index is -0.0757. The minimum absolute atomic E-state index is 0.0757. The van der Waals surface area contributed by atoms with Gasteiger partial charge in [0, 0.05) is 28.2 Å². The highest BCUT2D eigenvalue weighted by atomic mass is 35.5. The Labute approximate surface area is 116 Å². The molecule has 1 aromatic heterocycles. The predicted octanol–water partition coefficient (Wildman–Crippen LogP) is 2.87. The standard InChI is InChI=1S/C15H15ClN2O/c1-9-14(10-4-6-17-7-5-10)12-3-2-11(16)8-13(12)15(19)18-9/h2-4,8,17H,5-7H2,1H3,(H,18,19). The van der Waals surface area contributed by atoms with Gasteiger partial charge in [0.2, 0.25) is 0 Å². The molecule has 19 heavy (non-hydrogen) atoms. The Morgan fingerprint density at radius 1 is 1.26 bits per heavy atom. The molecule has 0 bridgehead atoms. The molecule has 3 rings (SSSR count). The van der Waals surface area contributed by atoms with E-state index in [4.69, 9.17) is 11.6 Å². The Hall–Kier alpha value is -1.58. The van der Waals surface area contributed by atoms with E-state index in [1.54, 1.807) is 6.07 Å². The largest absolute Gasteiger partial charge is 0.325 e. The van der Waals surface area contributed by atoms with Crippen LogP contribution in [-0.4, -0.2) is 18.1 Å². The van der Waals surface area contributed by atoms with E-state index in [-0.39, 0.29) is 5.56 Å². The highest BCUT2D eigenvalue weighted by molar-refractivity contribution is 6.31. The lowest BCUT2D eigenvalue weighted by atomic mass is 9.94. The number of hydrogen-bond donors (Lipinski definition) is 2. The number of fused-ring (bicyclic) bond motifs is 1. The fourth-order valence-corrected chi connectivity index (χ4v) is 2.86. The van der Waals surface area contributed by atoms with Gasteiger partial charge < -0.3 is 10.3 Å². The third-order valence-corrected chi connectivity index (χ3v) is 3.79. The van der Waals surface area contributed by atoms with Gasteiger partial charge in [-0.2, -0.15) is 0 Å². The van der Waals surface area contributed by atoms with Crippen LogP contribution in [0.15, 0.2) is 29.1 Å². The van der Waals surface area contributed by atoms with Crippen molar-refractivity contribution >= 4 is 27.9 Å². The normalized spacial score (nSPS) is 15.6. The molecule has 0 saturated carbocycles. The van der Waals surface area contributed by atoms with Gasteiger partial charge in [0.25, 0.3) is 5.56 Å². The fraction of sp³-hybridized carbons (Fsp3) is 0.267. The number of hydrogen-bond acceptors (Lipinski definition) is 2. The molecule has 0 unspecified atom stereocenters. The Balaban J connectivity index is 2.35. The average molecular weight is 275 g/mol. The fourth-order valence-electron chi connectivity index (χ4n) is 2.69. The number of nitrogens with one attached hydrogen (secondary N) is 2. The first-order valence-corrected chi connectivity index (χ1v) is 6.77. The van der Waals surface area contributed by atoms with Crippen molar-refractivity contribution in [3.8, 4) is 0 Å². The molecule has 2 N–H and O–H groups in total. The number of halogens is 1. The Morgan fingerprint density at radius 3 is 2.84 bits per heavy atom. The monoisotopic (exact) mass is 274 g/mol. The van der Waals surface area contributed by atoms with Crippen molar-refractivity contribution in [3.05, 3.63) is 50.9 Å². The van der Waals surface area contributed by atoms with E-state index in [0.29, 0.717) is 10.4 Å². The van der Waals surface area contributed by atoms with E-state index in [1.165, 1.54) is 5.57 Å². The lowest BCUT2D eigenvalue weighted by Gasteiger charge is -2.18. The van der Waals surface area contributed by atoms with E-state index in [9.17, 15) is 4.79 Å². The first kappa shape index (κ1) is 12.5. The van der Waals surface area contributed by atoms with Crippen LogP contribution >= 0.6 is 11.6 Å². The van der Waals surface area contributed by atoms with Crippen LogP contribution in [0, 0.1) is 6.92 Å². The summed E-state index contributed by atoms with van der Waals surface area (Å²) >= 11 is 5.99. The topological polar surface area (TPSA) is 44.9 Å². The highest BCUT2D eigenvalue weighted by Crippen LogP contribution is 2.29. The number of benzene rings is 1. The maximum absolute atomic E-state index is 12.0. The summed E-state index contributed by atoms with van der Waals surface area (Å²) in [6, 6.07) is 5.52. The summed E-state index contributed by atoms with van der Waals surface area (Å²) in [5.41, 5.74) is 3.29. The summed E-state index contributed by atoms with van der Waals surface area (Å²) in [5.74, 6) is 0. The van der Waals surface area contributed by atoms with Gasteiger partial charge in [0.15, 0.2) is 0 Å². The van der Waals surface area contributed by atoms with Crippen molar-refractivity contribution in [1.29, 1.82) is 0 Å². The summed E-state index contributed by atoms with van der Waals surface area (Å²) in [5, 5.41) is 5.54. The molecular formula is C15H15ClN2O. The van der Waals surface area contributed by atoms with Gasteiger partial charge in [-0.1, -0.05) is 23.7 Å². The smallest absolute Gasteiger partial charge is 0.256 e. The molecule has 4 heteroatoms. The zero-order chi connectivity index (χ0) is 13.4. The molecule has 2 aromatic rings. The third kappa shape index (κ3) is 2.20. The Bertz CT molecular complexity index is 731. The molecule has 0 atom stereocenters.